The molecule has 0 aromatic heterocycles. The molecule has 200 valence electrons. The number of allylic oxidation sites excluding steroid dienone is 2. The van der Waals surface area contributed by atoms with Crippen LogP contribution in [0.5, 0.6) is 11.5 Å². The third-order valence-corrected chi connectivity index (χ3v) is 7.42. The van der Waals surface area contributed by atoms with Crippen molar-refractivity contribution in [1.82, 2.24) is 0 Å². The van der Waals surface area contributed by atoms with E-state index < -0.39 is 11.8 Å². The lowest BCUT2D eigenvalue weighted by Crippen LogP contribution is -2.10. The average Bonchev–Trinajstić information content (AvgIpc) is 3.25. The first-order valence-electron chi connectivity index (χ1n) is 12.9. The smallest absolute Gasteiger partial charge is 0.303 e. The summed E-state index contributed by atoms with van der Waals surface area (Å²) in [6, 6.07) is 15.0. The summed E-state index contributed by atoms with van der Waals surface area (Å²) in [5.74, 6) is -1.31. The zero-order valence-corrected chi connectivity index (χ0v) is 22.3. The van der Waals surface area contributed by atoms with E-state index in [0.717, 1.165) is 40.7 Å². The molecule has 1 N–H and O–H groups in total. The summed E-state index contributed by atoms with van der Waals surface area (Å²) in [5.41, 5.74) is 4.75. The topological polar surface area (TPSA) is 55.8 Å². The van der Waals surface area contributed by atoms with E-state index in [0.29, 0.717) is 17.7 Å². The molecule has 1 aliphatic carbocycles. The van der Waals surface area contributed by atoms with Gasteiger partial charge in [0, 0.05) is 5.56 Å². The van der Waals surface area contributed by atoms with Gasteiger partial charge in [-0.05, 0) is 94.8 Å². The molecular formula is C32H34F2O4. The summed E-state index contributed by atoms with van der Waals surface area (Å²) in [6.07, 6.45) is 4.73. The third-order valence-electron chi connectivity index (χ3n) is 7.42. The van der Waals surface area contributed by atoms with Crippen LogP contribution >= 0.6 is 0 Å². The van der Waals surface area contributed by atoms with Crippen LogP contribution < -0.4 is 9.47 Å². The van der Waals surface area contributed by atoms with Gasteiger partial charge in [0.15, 0.2) is 11.6 Å². The fourth-order valence-corrected chi connectivity index (χ4v) is 5.19. The molecule has 3 aromatic carbocycles. The Kier molecular flexibility index (Phi) is 8.20. The fourth-order valence-electron chi connectivity index (χ4n) is 5.19. The summed E-state index contributed by atoms with van der Waals surface area (Å²) in [4.78, 5) is 11.2. The molecule has 0 spiro atoms. The largest absolute Gasteiger partial charge is 0.497 e. The quantitative estimate of drug-likeness (QED) is 0.292. The van der Waals surface area contributed by atoms with E-state index in [-0.39, 0.29) is 35.9 Å². The van der Waals surface area contributed by atoms with Crippen LogP contribution in [0.2, 0.25) is 0 Å². The van der Waals surface area contributed by atoms with E-state index in [9.17, 15) is 18.7 Å². The number of carboxylic acid groups (broad SMARTS) is 1. The number of hydrogen-bond acceptors (Lipinski definition) is 3. The predicted octanol–water partition coefficient (Wildman–Crippen LogP) is 8.39. The Labute approximate surface area is 222 Å². The predicted molar refractivity (Wildman–Crippen MR) is 145 cm³/mol. The number of hydrogen-bond donors (Lipinski definition) is 1. The second-order valence-electron chi connectivity index (χ2n) is 10.4. The van der Waals surface area contributed by atoms with Gasteiger partial charge < -0.3 is 14.6 Å². The normalized spacial score (nSPS) is 15.2. The number of carbonyl (C=O) groups is 1. The number of halogens is 2. The molecule has 1 atom stereocenters. The molecule has 4 nitrogen and oxygen atoms in total. The summed E-state index contributed by atoms with van der Waals surface area (Å²) in [6.45, 7) is 6.38. The summed E-state index contributed by atoms with van der Waals surface area (Å²) >= 11 is 0. The van der Waals surface area contributed by atoms with E-state index >= 15 is 0 Å². The van der Waals surface area contributed by atoms with E-state index in [1.165, 1.54) is 12.1 Å². The Morgan fingerprint density at radius 2 is 1.76 bits per heavy atom. The van der Waals surface area contributed by atoms with Crippen LogP contribution in [0.4, 0.5) is 8.78 Å². The highest BCUT2D eigenvalue weighted by Gasteiger charge is 2.30. The maximum atomic E-state index is 15.0. The van der Waals surface area contributed by atoms with Crippen molar-refractivity contribution in [2.75, 3.05) is 7.11 Å². The highest BCUT2D eigenvalue weighted by atomic mass is 19.1. The van der Waals surface area contributed by atoms with Gasteiger partial charge in [-0.2, -0.15) is 0 Å². The number of benzene rings is 3. The van der Waals surface area contributed by atoms with E-state index in [4.69, 9.17) is 9.47 Å². The number of aliphatic carboxylic acids is 1. The van der Waals surface area contributed by atoms with Crippen LogP contribution in [0.15, 0.2) is 60.7 Å². The molecule has 1 aliphatic rings. The maximum Gasteiger partial charge on any atom is 0.303 e. The summed E-state index contributed by atoms with van der Waals surface area (Å²) in [7, 11) is 1.56. The van der Waals surface area contributed by atoms with E-state index in [1.54, 1.807) is 31.4 Å². The second kappa shape index (κ2) is 11.4. The second-order valence-corrected chi connectivity index (χ2v) is 10.4. The molecule has 6 heteroatoms. The lowest BCUT2D eigenvalue weighted by Gasteiger charge is -2.25. The van der Waals surface area contributed by atoms with Crippen molar-refractivity contribution < 1.29 is 28.2 Å². The number of ether oxygens (including phenoxy) is 2. The fraction of sp³-hybridized carbons (Fsp3) is 0.344. The molecule has 3 aromatic rings. The highest BCUT2D eigenvalue weighted by Crippen LogP contribution is 2.47. The average molecular weight is 521 g/mol. The Bertz CT molecular complexity index is 1360. The van der Waals surface area contributed by atoms with Crippen LogP contribution in [0.25, 0.3) is 16.7 Å². The van der Waals surface area contributed by atoms with Gasteiger partial charge in [0.05, 0.1) is 13.5 Å². The first kappa shape index (κ1) is 27.4. The van der Waals surface area contributed by atoms with Crippen molar-refractivity contribution in [3.8, 4) is 22.6 Å². The molecule has 4 rings (SSSR count). The van der Waals surface area contributed by atoms with Crippen molar-refractivity contribution >= 4 is 11.5 Å². The molecule has 0 aliphatic heterocycles. The Balaban J connectivity index is 1.68. The minimum absolute atomic E-state index is 0.0296. The van der Waals surface area contributed by atoms with Gasteiger partial charge in [0.2, 0.25) is 0 Å². The molecule has 0 unspecified atom stereocenters. The van der Waals surface area contributed by atoms with Gasteiger partial charge in [-0.1, -0.05) is 45.0 Å². The third kappa shape index (κ3) is 5.90. The van der Waals surface area contributed by atoms with E-state index in [2.05, 4.69) is 19.9 Å². The number of rotatable bonds is 10. The van der Waals surface area contributed by atoms with Gasteiger partial charge in [-0.3, -0.25) is 4.79 Å². The van der Waals surface area contributed by atoms with Crippen LogP contribution in [0, 0.1) is 17.0 Å². The van der Waals surface area contributed by atoms with Gasteiger partial charge in [-0.25, -0.2) is 8.78 Å². The zero-order valence-electron chi connectivity index (χ0n) is 22.3. The minimum atomic E-state index is -0.895. The molecule has 0 bridgehead atoms. The summed E-state index contributed by atoms with van der Waals surface area (Å²) < 4.78 is 40.9. The molecule has 0 fully saturated rings. The zero-order chi connectivity index (χ0) is 27.4. The molecule has 0 saturated carbocycles. The Hall–Kier alpha value is -3.67. The van der Waals surface area contributed by atoms with Gasteiger partial charge >= 0.3 is 5.97 Å². The maximum absolute atomic E-state index is 15.0. The first-order valence-corrected chi connectivity index (χ1v) is 12.9. The van der Waals surface area contributed by atoms with Crippen molar-refractivity contribution in [1.29, 1.82) is 0 Å². The molecule has 38 heavy (non-hydrogen) atoms. The van der Waals surface area contributed by atoms with Crippen LogP contribution in [0.3, 0.4) is 0 Å². The van der Waals surface area contributed by atoms with Crippen molar-refractivity contribution in [2.45, 2.75) is 59.0 Å². The Morgan fingerprint density at radius 1 is 1.00 bits per heavy atom. The number of methoxy groups -OCH3 is 1. The SMILES string of the molecule is CC[C@H](CC(=O)O)c1ccc(F)c(OCc2ccc(-c3cc(OC)ccc3F)c(C3=CCCC3(C)C)c2)c1. The molecule has 0 radical (unpaired) electrons. The first-order chi connectivity index (χ1) is 18.1. The standard InChI is InChI=1S/C32H34F2O4/c1-5-21(17-31(35)36)22-9-12-29(34)30(16-22)38-19-20-8-11-24(26-18-23(37-4)10-13-28(26)33)25(15-20)27-7-6-14-32(27,2)3/h7-13,15-16,18,21H,5-6,14,17,19H2,1-4H3,(H,35,36)/t21-/m1/s1. The van der Waals surface area contributed by atoms with Gasteiger partial charge in [0.1, 0.15) is 18.2 Å². The molecule has 0 amide bonds. The number of carboxylic acids is 1. The van der Waals surface area contributed by atoms with E-state index in [1.807, 2.05) is 25.1 Å². The highest BCUT2D eigenvalue weighted by molar-refractivity contribution is 5.85. The van der Waals surface area contributed by atoms with Crippen molar-refractivity contribution in [2.24, 2.45) is 5.41 Å². The Morgan fingerprint density at radius 3 is 2.42 bits per heavy atom. The van der Waals surface area contributed by atoms with Crippen LogP contribution in [0.1, 0.15) is 69.1 Å². The van der Waals surface area contributed by atoms with Crippen molar-refractivity contribution in [3.05, 3.63) is 89.0 Å². The monoisotopic (exact) mass is 520 g/mol. The van der Waals surface area contributed by atoms with Crippen LogP contribution in [-0.2, 0) is 11.4 Å². The van der Waals surface area contributed by atoms with Gasteiger partial charge in [-0.15, -0.1) is 0 Å². The lowest BCUT2D eigenvalue weighted by atomic mass is 9.79. The van der Waals surface area contributed by atoms with Gasteiger partial charge in [0.25, 0.3) is 0 Å². The molecule has 0 saturated heterocycles. The minimum Gasteiger partial charge on any atom is -0.497 e. The molecular weight excluding hydrogens is 486 g/mol. The lowest BCUT2D eigenvalue weighted by molar-refractivity contribution is -0.137. The van der Waals surface area contributed by atoms with Crippen LogP contribution in [-0.4, -0.2) is 18.2 Å². The van der Waals surface area contributed by atoms with Crippen molar-refractivity contribution in [3.63, 3.8) is 0 Å². The molecule has 0 heterocycles. The summed E-state index contributed by atoms with van der Waals surface area (Å²) in [5, 5.41) is 9.22.